The van der Waals surface area contributed by atoms with Crippen LogP contribution < -0.4 is 10.6 Å². The number of aromatic nitrogens is 4. The number of nitrogens with zero attached hydrogens (tertiary/aromatic N) is 4. The van der Waals surface area contributed by atoms with Crippen molar-refractivity contribution in [3.63, 3.8) is 0 Å². The second kappa shape index (κ2) is 7.38. The summed E-state index contributed by atoms with van der Waals surface area (Å²) in [5.41, 5.74) is 1.39. The number of hydrogen-bond donors (Lipinski definition) is 2. The molecule has 5 rings (SSSR count). The minimum atomic E-state index is -0.595. The molecule has 2 atom stereocenters. The van der Waals surface area contributed by atoms with Gasteiger partial charge in [-0.25, -0.2) is 23.7 Å². The van der Waals surface area contributed by atoms with Crippen LogP contribution in [0.5, 0.6) is 0 Å². The highest BCUT2D eigenvalue weighted by Crippen LogP contribution is 2.30. The van der Waals surface area contributed by atoms with Gasteiger partial charge >= 0.3 is 5.69 Å². The quantitative estimate of drug-likeness (QED) is 0.547. The van der Waals surface area contributed by atoms with Crippen LogP contribution in [0.15, 0.2) is 65.6 Å². The molecule has 0 radical (unpaired) electrons. The van der Waals surface area contributed by atoms with Crippen molar-refractivity contribution in [1.29, 1.82) is 0 Å². The summed E-state index contributed by atoms with van der Waals surface area (Å²) in [7, 11) is 0. The Balaban J connectivity index is 1.54. The number of benzene rings is 1. The van der Waals surface area contributed by atoms with Gasteiger partial charge in [-0.1, -0.05) is 30.3 Å². The van der Waals surface area contributed by atoms with E-state index in [4.69, 9.17) is 0 Å². The van der Waals surface area contributed by atoms with E-state index in [1.54, 1.807) is 24.4 Å². The highest BCUT2D eigenvalue weighted by Gasteiger charge is 2.30. The van der Waals surface area contributed by atoms with Gasteiger partial charge in [-0.15, -0.1) is 0 Å². The molecule has 0 aliphatic carbocycles. The lowest BCUT2D eigenvalue weighted by Crippen LogP contribution is -2.42. The Morgan fingerprint density at radius 1 is 1.10 bits per heavy atom. The summed E-state index contributed by atoms with van der Waals surface area (Å²) in [6.45, 7) is 1.14. The van der Waals surface area contributed by atoms with Gasteiger partial charge in [0.15, 0.2) is 17.3 Å². The normalized spacial score (nSPS) is 19.3. The number of pyridine rings is 2. The van der Waals surface area contributed by atoms with E-state index in [0.29, 0.717) is 36.5 Å². The van der Waals surface area contributed by atoms with Gasteiger partial charge in [0, 0.05) is 25.2 Å². The summed E-state index contributed by atoms with van der Waals surface area (Å²) in [5, 5.41) is 10.5. The van der Waals surface area contributed by atoms with Gasteiger partial charge in [-0.2, -0.15) is 0 Å². The Hall–Kier alpha value is -3.52. The topological polar surface area (TPSA) is 87.0 Å². The Morgan fingerprint density at radius 3 is 2.77 bits per heavy atom. The molecule has 0 spiro atoms. The fraction of sp³-hybridized carbons (Fsp3) is 0.227. The molecule has 1 fully saturated rings. The highest BCUT2D eigenvalue weighted by molar-refractivity contribution is 5.72. The minimum Gasteiger partial charge on any atom is -0.392 e. The second-order valence-electron chi connectivity index (χ2n) is 7.43. The lowest BCUT2D eigenvalue weighted by Gasteiger charge is -2.37. The van der Waals surface area contributed by atoms with Crippen LogP contribution in [0, 0.1) is 5.82 Å². The van der Waals surface area contributed by atoms with E-state index in [2.05, 4.69) is 15.0 Å². The van der Waals surface area contributed by atoms with Crippen molar-refractivity contribution in [2.75, 3.05) is 18.0 Å². The van der Waals surface area contributed by atoms with E-state index in [1.807, 2.05) is 35.2 Å². The van der Waals surface area contributed by atoms with Crippen molar-refractivity contribution in [3.05, 3.63) is 82.7 Å². The van der Waals surface area contributed by atoms with Gasteiger partial charge < -0.3 is 10.0 Å². The fourth-order valence-electron chi connectivity index (χ4n) is 4.08. The zero-order valence-corrected chi connectivity index (χ0v) is 16.1. The van der Waals surface area contributed by atoms with Crippen molar-refractivity contribution in [1.82, 2.24) is 19.5 Å². The fourth-order valence-corrected chi connectivity index (χ4v) is 4.08. The van der Waals surface area contributed by atoms with Crippen molar-refractivity contribution in [3.8, 4) is 5.82 Å². The molecule has 4 aromatic rings. The van der Waals surface area contributed by atoms with E-state index in [9.17, 15) is 14.3 Å². The van der Waals surface area contributed by atoms with Crippen LogP contribution in [-0.2, 0) is 0 Å². The number of rotatable bonds is 3. The monoisotopic (exact) mass is 405 g/mol. The van der Waals surface area contributed by atoms with Gasteiger partial charge in [0.05, 0.1) is 11.6 Å². The SMILES string of the molecule is O=c1[nH]c2ncccc2n1-c1nc(N2CC[C@@H](O)[C@@H](c3ccccc3)C2)ccc1F. The van der Waals surface area contributed by atoms with Crippen LogP contribution in [0.1, 0.15) is 17.9 Å². The maximum absolute atomic E-state index is 14.7. The highest BCUT2D eigenvalue weighted by atomic mass is 19.1. The summed E-state index contributed by atoms with van der Waals surface area (Å²) in [5.74, 6) is -0.180. The van der Waals surface area contributed by atoms with E-state index in [1.165, 1.54) is 10.6 Å². The predicted octanol–water partition coefficient (Wildman–Crippen LogP) is 2.60. The van der Waals surface area contributed by atoms with Gasteiger partial charge in [0.25, 0.3) is 0 Å². The molecule has 1 aliphatic rings. The maximum Gasteiger partial charge on any atom is 0.333 e. The average molecular weight is 405 g/mol. The van der Waals surface area contributed by atoms with Crippen molar-refractivity contribution in [2.24, 2.45) is 0 Å². The molecule has 3 aromatic heterocycles. The van der Waals surface area contributed by atoms with E-state index < -0.39 is 17.6 Å². The number of aromatic amines is 1. The van der Waals surface area contributed by atoms with Crippen LogP contribution in [0.25, 0.3) is 17.0 Å². The van der Waals surface area contributed by atoms with Crippen LogP contribution in [0.3, 0.4) is 0 Å². The first-order valence-electron chi connectivity index (χ1n) is 9.82. The number of nitrogens with one attached hydrogen (secondary N) is 1. The summed E-state index contributed by atoms with van der Waals surface area (Å²) in [4.78, 5) is 25.7. The summed E-state index contributed by atoms with van der Waals surface area (Å²) in [6.07, 6.45) is 1.68. The molecule has 152 valence electrons. The Labute approximate surface area is 171 Å². The smallest absolute Gasteiger partial charge is 0.333 e. The zero-order valence-electron chi connectivity index (χ0n) is 16.1. The Morgan fingerprint density at radius 2 is 1.93 bits per heavy atom. The maximum atomic E-state index is 14.7. The molecule has 0 saturated carbocycles. The molecule has 0 unspecified atom stereocenters. The largest absolute Gasteiger partial charge is 0.392 e. The summed E-state index contributed by atoms with van der Waals surface area (Å²) >= 11 is 0. The third-order valence-electron chi connectivity index (χ3n) is 5.61. The lowest BCUT2D eigenvalue weighted by atomic mass is 9.88. The summed E-state index contributed by atoms with van der Waals surface area (Å²) < 4.78 is 15.9. The molecular formula is C22H20FN5O2. The number of fused-ring (bicyclic) bond motifs is 1. The van der Waals surface area contributed by atoms with Crippen LogP contribution in [0.2, 0.25) is 0 Å². The molecule has 1 aliphatic heterocycles. The number of H-pyrrole nitrogens is 1. The van der Waals surface area contributed by atoms with Gasteiger partial charge in [0.1, 0.15) is 5.82 Å². The van der Waals surface area contributed by atoms with Crippen molar-refractivity contribution < 1.29 is 9.50 Å². The zero-order chi connectivity index (χ0) is 20.7. The number of halogens is 1. The van der Waals surface area contributed by atoms with E-state index in [-0.39, 0.29) is 11.7 Å². The first-order chi connectivity index (χ1) is 14.6. The van der Waals surface area contributed by atoms with Crippen LogP contribution in [-0.4, -0.2) is 43.8 Å². The summed E-state index contributed by atoms with van der Waals surface area (Å²) in [6, 6.07) is 16.1. The molecule has 0 amide bonds. The molecule has 8 heteroatoms. The molecule has 30 heavy (non-hydrogen) atoms. The number of hydrogen-bond acceptors (Lipinski definition) is 5. The third-order valence-corrected chi connectivity index (χ3v) is 5.61. The van der Waals surface area contributed by atoms with Gasteiger partial charge in [0.2, 0.25) is 0 Å². The van der Waals surface area contributed by atoms with Gasteiger partial charge in [-0.05, 0) is 36.2 Å². The lowest BCUT2D eigenvalue weighted by molar-refractivity contribution is 0.122. The number of anilines is 1. The van der Waals surface area contributed by atoms with E-state index >= 15 is 0 Å². The third kappa shape index (κ3) is 3.15. The Kier molecular flexibility index (Phi) is 4.55. The average Bonchev–Trinajstić information content (AvgIpc) is 3.11. The Bertz CT molecular complexity index is 1250. The van der Waals surface area contributed by atoms with Crippen LogP contribution in [0.4, 0.5) is 10.2 Å². The number of piperidine rings is 1. The van der Waals surface area contributed by atoms with Crippen molar-refractivity contribution in [2.45, 2.75) is 18.4 Å². The predicted molar refractivity (Wildman–Crippen MR) is 111 cm³/mol. The number of aliphatic hydroxyl groups excluding tert-OH is 1. The van der Waals surface area contributed by atoms with E-state index in [0.717, 1.165) is 5.56 Å². The van der Waals surface area contributed by atoms with Crippen molar-refractivity contribution >= 4 is 17.0 Å². The minimum absolute atomic E-state index is 0.0702. The standard InChI is InChI=1S/C22H20FN5O2/c23-16-8-9-19(25-21(16)28-17-7-4-11-24-20(17)26-22(28)30)27-12-10-18(29)15(13-27)14-5-2-1-3-6-14/h1-9,11,15,18,29H,10,12-13H2,(H,24,26,30)/t15-,18-/m1/s1. The molecule has 2 N–H and O–H groups in total. The molecule has 1 saturated heterocycles. The molecule has 7 nitrogen and oxygen atoms in total. The number of imidazole rings is 1. The number of aliphatic hydroxyl groups is 1. The molecular weight excluding hydrogens is 385 g/mol. The van der Waals surface area contributed by atoms with Gasteiger partial charge in [-0.3, -0.25) is 4.98 Å². The molecule has 1 aromatic carbocycles. The first-order valence-corrected chi connectivity index (χ1v) is 9.82. The molecule has 0 bridgehead atoms. The second-order valence-corrected chi connectivity index (χ2v) is 7.43. The first kappa shape index (κ1) is 18.5. The molecule has 4 heterocycles. The van der Waals surface area contributed by atoms with Crippen LogP contribution >= 0.6 is 0 Å².